The number of ether oxygens (including phenoxy) is 1. The van der Waals surface area contributed by atoms with Crippen LogP contribution in [0.4, 0.5) is 44.8 Å². The number of pyridine rings is 1. The highest BCUT2D eigenvalue weighted by Crippen LogP contribution is 2.35. The van der Waals surface area contributed by atoms with Crippen LogP contribution in [0.3, 0.4) is 0 Å². The molecule has 5 N–H and O–H groups in total. The van der Waals surface area contributed by atoms with Gasteiger partial charge in [0.15, 0.2) is 0 Å². The maximum absolute atomic E-state index is 14.1. The van der Waals surface area contributed by atoms with Crippen molar-refractivity contribution in [2.75, 3.05) is 66.7 Å². The molecule has 13 nitrogen and oxygen atoms in total. The average molecular weight is 725 g/mol. The molecule has 0 spiro atoms. The quantitative estimate of drug-likeness (QED) is 0.154. The number of aromatic nitrogens is 1. The summed E-state index contributed by atoms with van der Waals surface area (Å²) in [5, 5.41) is 10.8. The Kier molecular flexibility index (Phi) is 10.6. The second-order valence-corrected chi connectivity index (χ2v) is 13.4. The van der Waals surface area contributed by atoms with Gasteiger partial charge in [-0.25, -0.2) is 22.2 Å². The van der Waals surface area contributed by atoms with E-state index in [-0.39, 0.29) is 37.3 Å². The molecule has 0 bridgehead atoms. The Labute approximate surface area is 283 Å². The molecule has 2 aromatic carbocycles. The van der Waals surface area contributed by atoms with E-state index in [4.69, 9.17) is 15.9 Å². The van der Waals surface area contributed by atoms with E-state index in [9.17, 15) is 40.0 Å². The lowest BCUT2D eigenvalue weighted by Crippen LogP contribution is -2.50. The van der Waals surface area contributed by atoms with Gasteiger partial charge in [-0.15, -0.1) is 0 Å². The van der Waals surface area contributed by atoms with E-state index in [1.807, 2.05) is 16.7 Å². The number of sulfonamides is 1. The number of carbonyl (C=O) groups excluding carboxylic acids is 2. The standard InChI is InChI=1S/C31H33F5N8O5S/c1-42-6-8-43(9-7-42)22-2-3-24(26(15-22)44(30(46)31(34,35)36)21-4-10-49-11-5-21)29(45)40-28(38)25-16-23(17-39-27(25)37)50(47,48)41-20-13-18(32)12-19(33)14-20/h2-3,12-17,21,41H,4-11H2,1H3,(H2,37,39)(H2,38,40,45). The van der Waals surface area contributed by atoms with Crippen LogP contribution >= 0.6 is 0 Å². The molecule has 0 atom stereocenters. The number of likely N-dealkylation sites (N-methyl/N-ethyl adjacent to an activating group) is 1. The van der Waals surface area contributed by atoms with Crippen molar-refractivity contribution in [1.29, 1.82) is 5.41 Å². The number of nitrogens with zero attached hydrogens (tertiary/aromatic N) is 4. The van der Waals surface area contributed by atoms with Gasteiger partial charge >= 0.3 is 12.1 Å². The Morgan fingerprint density at radius 2 is 1.64 bits per heavy atom. The summed E-state index contributed by atoms with van der Waals surface area (Å²) < 4.78 is 103. The molecule has 2 aliphatic rings. The topological polar surface area (TPSA) is 174 Å². The van der Waals surface area contributed by atoms with Crippen LogP contribution in [-0.4, -0.2) is 94.6 Å². The van der Waals surface area contributed by atoms with Crippen LogP contribution in [0.15, 0.2) is 53.6 Å². The second kappa shape index (κ2) is 14.5. The van der Waals surface area contributed by atoms with Crippen molar-refractivity contribution in [2.24, 2.45) is 0 Å². The summed E-state index contributed by atoms with van der Waals surface area (Å²) in [6.45, 7) is 2.57. The number of halogens is 5. The fourth-order valence-corrected chi connectivity index (χ4v) is 6.61. The van der Waals surface area contributed by atoms with Crippen molar-refractivity contribution in [3.63, 3.8) is 0 Å². The number of amides is 2. The van der Waals surface area contributed by atoms with Crippen LogP contribution < -0.4 is 25.6 Å². The van der Waals surface area contributed by atoms with Crippen LogP contribution in [0.25, 0.3) is 0 Å². The molecular weight excluding hydrogens is 691 g/mol. The van der Waals surface area contributed by atoms with E-state index in [1.54, 1.807) is 0 Å². The van der Waals surface area contributed by atoms with Gasteiger partial charge in [0, 0.05) is 63.4 Å². The molecule has 0 radical (unpaired) electrons. The summed E-state index contributed by atoms with van der Waals surface area (Å²) in [6.07, 6.45) is -4.34. The van der Waals surface area contributed by atoms with Crippen molar-refractivity contribution >= 4 is 50.6 Å². The Hall–Kier alpha value is -4.88. The van der Waals surface area contributed by atoms with Crippen LogP contribution in [0.5, 0.6) is 0 Å². The number of benzene rings is 2. The summed E-state index contributed by atoms with van der Waals surface area (Å²) in [4.78, 5) is 34.5. The van der Waals surface area contributed by atoms with Crippen LogP contribution in [0.2, 0.25) is 0 Å². The highest BCUT2D eigenvalue weighted by Gasteiger charge is 2.46. The molecule has 5 rings (SSSR count). The van der Waals surface area contributed by atoms with Gasteiger partial charge in [0.05, 0.1) is 22.5 Å². The first-order chi connectivity index (χ1) is 23.5. The molecule has 268 valence electrons. The van der Waals surface area contributed by atoms with Gasteiger partial charge in [-0.3, -0.25) is 19.7 Å². The first-order valence-electron chi connectivity index (χ1n) is 15.2. The summed E-state index contributed by atoms with van der Waals surface area (Å²) in [7, 11) is -2.63. The number of amidine groups is 1. The maximum atomic E-state index is 14.1. The minimum Gasteiger partial charge on any atom is -0.383 e. The smallest absolute Gasteiger partial charge is 0.383 e. The molecule has 2 amide bonds. The number of carbonyl (C=O) groups is 2. The predicted octanol–water partition coefficient (Wildman–Crippen LogP) is 3.32. The predicted molar refractivity (Wildman–Crippen MR) is 174 cm³/mol. The molecule has 2 fully saturated rings. The minimum absolute atomic E-state index is 0.0667. The van der Waals surface area contributed by atoms with E-state index in [0.717, 1.165) is 24.4 Å². The fourth-order valence-electron chi connectivity index (χ4n) is 5.60. The number of piperazine rings is 1. The monoisotopic (exact) mass is 724 g/mol. The molecule has 0 saturated carbocycles. The van der Waals surface area contributed by atoms with Gasteiger partial charge in [0.1, 0.15) is 28.2 Å². The summed E-state index contributed by atoms with van der Waals surface area (Å²) in [6, 6.07) is 6.03. The molecule has 0 unspecified atom stereocenters. The molecule has 1 aromatic heterocycles. The van der Waals surface area contributed by atoms with Crippen LogP contribution in [-0.2, 0) is 19.6 Å². The largest absolute Gasteiger partial charge is 0.471 e. The Morgan fingerprint density at radius 1 is 1.00 bits per heavy atom. The number of anilines is 4. The van der Waals surface area contributed by atoms with E-state index < -0.39 is 73.5 Å². The lowest BCUT2D eigenvalue weighted by molar-refractivity contribution is -0.171. The van der Waals surface area contributed by atoms with Crippen molar-refractivity contribution in [3.05, 3.63) is 71.4 Å². The third-order valence-electron chi connectivity index (χ3n) is 8.20. The number of nitrogens with two attached hydrogens (primary N) is 1. The fraction of sp³-hybridized carbons (Fsp3) is 0.355. The zero-order chi connectivity index (χ0) is 36.4. The van der Waals surface area contributed by atoms with Gasteiger partial charge in [-0.05, 0) is 56.3 Å². The van der Waals surface area contributed by atoms with Crippen LogP contribution in [0, 0.1) is 17.0 Å². The number of hydrogen-bond acceptors (Lipinski definition) is 10. The van der Waals surface area contributed by atoms with Crippen molar-refractivity contribution in [2.45, 2.75) is 30.0 Å². The minimum atomic E-state index is -5.29. The average Bonchev–Trinajstić information content (AvgIpc) is 3.04. The van der Waals surface area contributed by atoms with E-state index in [2.05, 4.69) is 15.2 Å². The Morgan fingerprint density at radius 3 is 2.26 bits per heavy atom. The lowest BCUT2D eigenvalue weighted by Gasteiger charge is -2.37. The van der Waals surface area contributed by atoms with E-state index >= 15 is 0 Å². The number of nitrogens with one attached hydrogen (secondary N) is 3. The van der Waals surface area contributed by atoms with Crippen molar-refractivity contribution < 1.29 is 44.7 Å². The van der Waals surface area contributed by atoms with Gasteiger partial charge in [0.2, 0.25) is 0 Å². The number of hydrogen-bond donors (Lipinski definition) is 4. The number of rotatable bonds is 8. The van der Waals surface area contributed by atoms with Gasteiger partial charge in [0.25, 0.3) is 15.9 Å². The maximum Gasteiger partial charge on any atom is 0.471 e. The van der Waals surface area contributed by atoms with E-state index in [0.29, 0.717) is 42.8 Å². The normalized spacial score (nSPS) is 16.2. The summed E-state index contributed by atoms with van der Waals surface area (Å²) in [5.74, 6) is -6.54. The van der Waals surface area contributed by atoms with Crippen molar-refractivity contribution in [3.8, 4) is 0 Å². The first kappa shape index (κ1) is 36.4. The third kappa shape index (κ3) is 8.28. The summed E-state index contributed by atoms with van der Waals surface area (Å²) >= 11 is 0. The van der Waals surface area contributed by atoms with Gasteiger partial charge in [-0.2, -0.15) is 13.2 Å². The Bertz CT molecular complexity index is 1880. The molecule has 50 heavy (non-hydrogen) atoms. The SMILES string of the molecule is CN1CCN(c2ccc(C(=O)NC(=N)c3cc(S(=O)(=O)Nc4cc(F)cc(F)c4)cnc3N)c(N(C(=O)C(F)(F)F)C3CCOCC3)c2)CC1. The molecular formula is C31H33F5N8O5S. The molecule has 0 aliphatic carbocycles. The van der Waals surface area contributed by atoms with Crippen molar-refractivity contribution in [1.82, 2.24) is 15.2 Å². The molecule has 3 aromatic rings. The third-order valence-corrected chi connectivity index (χ3v) is 9.55. The summed E-state index contributed by atoms with van der Waals surface area (Å²) in [5.41, 5.74) is 4.83. The highest BCUT2D eigenvalue weighted by molar-refractivity contribution is 7.92. The van der Waals surface area contributed by atoms with Gasteiger partial charge in [-0.1, -0.05) is 0 Å². The molecule has 2 aliphatic heterocycles. The molecule has 19 heteroatoms. The lowest BCUT2D eigenvalue weighted by atomic mass is 10.0. The second-order valence-electron chi connectivity index (χ2n) is 11.7. The van der Waals surface area contributed by atoms with Gasteiger partial charge < -0.3 is 30.5 Å². The molecule has 2 saturated heterocycles. The zero-order valence-electron chi connectivity index (χ0n) is 26.6. The number of alkyl halides is 3. The van der Waals surface area contributed by atoms with E-state index in [1.165, 1.54) is 18.2 Å². The molecule has 3 heterocycles. The number of nitrogen functional groups attached to an aromatic ring is 1. The first-order valence-corrected chi connectivity index (χ1v) is 16.7. The van der Waals surface area contributed by atoms with Crippen LogP contribution in [0.1, 0.15) is 28.8 Å². The Balaban J connectivity index is 1.49. The highest BCUT2D eigenvalue weighted by atomic mass is 32.2. The zero-order valence-corrected chi connectivity index (χ0v) is 27.4.